The molecule has 0 fully saturated rings. The van der Waals surface area contributed by atoms with Crippen LogP contribution in [0.3, 0.4) is 0 Å². The molecular weight excluding hydrogens is 372 g/mol. The summed E-state index contributed by atoms with van der Waals surface area (Å²) in [6.07, 6.45) is 0. The molecule has 0 spiro atoms. The van der Waals surface area contributed by atoms with E-state index in [2.05, 4.69) is 79.5 Å². The van der Waals surface area contributed by atoms with Gasteiger partial charge < -0.3 is 5.32 Å². The lowest BCUT2D eigenvalue weighted by atomic mass is 10.0. The number of para-hydroxylation sites is 1. The number of rotatable bonds is 5. The van der Waals surface area contributed by atoms with Crippen LogP contribution in [0.15, 0.2) is 78.9 Å². The normalized spacial score (nSPS) is 11.0. The van der Waals surface area contributed by atoms with Crippen molar-refractivity contribution in [2.45, 2.75) is 13.5 Å². The third kappa shape index (κ3) is 3.63. The maximum atomic E-state index is 4.61. The molecule has 2 N–H and O–H groups in total. The average Bonchev–Trinajstić information content (AvgIpc) is 3.33. The monoisotopic (exact) mass is 392 g/mol. The Balaban J connectivity index is 1.35. The summed E-state index contributed by atoms with van der Waals surface area (Å²) in [7, 11) is 0. The van der Waals surface area contributed by atoms with Crippen LogP contribution in [0.2, 0.25) is 0 Å². The van der Waals surface area contributed by atoms with Crippen LogP contribution < -0.4 is 5.32 Å². The zero-order valence-electron chi connectivity index (χ0n) is 16.5. The fourth-order valence-corrected chi connectivity index (χ4v) is 3.59. The summed E-state index contributed by atoms with van der Waals surface area (Å²) in [5, 5.41) is 18.9. The highest BCUT2D eigenvalue weighted by Gasteiger charge is 2.06. The number of anilines is 1. The lowest BCUT2D eigenvalue weighted by Gasteiger charge is -2.11. The van der Waals surface area contributed by atoms with Crippen LogP contribution in [0.4, 0.5) is 5.69 Å². The van der Waals surface area contributed by atoms with Gasteiger partial charge in [0, 0.05) is 28.9 Å². The lowest BCUT2D eigenvalue weighted by molar-refractivity contribution is 0.881. The first-order chi connectivity index (χ1) is 14.8. The van der Waals surface area contributed by atoms with E-state index in [9.17, 15) is 0 Å². The maximum Gasteiger partial charge on any atom is 0.204 e. The maximum absolute atomic E-state index is 4.61. The van der Waals surface area contributed by atoms with Gasteiger partial charge in [-0.1, -0.05) is 60.7 Å². The number of nitrogens with one attached hydrogen (secondary N) is 2. The molecule has 5 rings (SSSR count). The van der Waals surface area contributed by atoms with E-state index in [0.29, 0.717) is 5.82 Å². The number of pyridine rings is 1. The SMILES string of the molecule is Cc1cc(NCc2ccc(-c3cccc(-c4nn[nH]n4)c3)cc2)c2ccccc2n1. The van der Waals surface area contributed by atoms with Gasteiger partial charge in [-0.15, -0.1) is 10.2 Å². The highest BCUT2D eigenvalue weighted by molar-refractivity contribution is 5.91. The Morgan fingerprint density at radius 1 is 0.833 bits per heavy atom. The summed E-state index contributed by atoms with van der Waals surface area (Å²) in [4.78, 5) is 4.61. The molecule has 6 heteroatoms. The fraction of sp³-hybridized carbons (Fsp3) is 0.0833. The van der Waals surface area contributed by atoms with Gasteiger partial charge in [0.15, 0.2) is 0 Å². The van der Waals surface area contributed by atoms with Crippen molar-refractivity contribution in [2.24, 2.45) is 0 Å². The van der Waals surface area contributed by atoms with E-state index >= 15 is 0 Å². The van der Waals surface area contributed by atoms with E-state index in [-0.39, 0.29) is 0 Å². The lowest BCUT2D eigenvalue weighted by Crippen LogP contribution is -2.01. The van der Waals surface area contributed by atoms with Gasteiger partial charge in [-0.3, -0.25) is 4.98 Å². The molecule has 146 valence electrons. The first-order valence-corrected chi connectivity index (χ1v) is 9.80. The third-order valence-corrected chi connectivity index (χ3v) is 5.08. The number of fused-ring (bicyclic) bond motifs is 1. The summed E-state index contributed by atoms with van der Waals surface area (Å²) in [6, 6.07) is 27.0. The van der Waals surface area contributed by atoms with E-state index in [1.807, 2.05) is 37.3 Å². The Labute approximate surface area is 174 Å². The summed E-state index contributed by atoms with van der Waals surface area (Å²) in [6.45, 7) is 2.77. The van der Waals surface area contributed by atoms with E-state index in [0.717, 1.165) is 45.5 Å². The molecule has 0 radical (unpaired) electrons. The highest BCUT2D eigenvalue weighted by Crippen LogP contribution is 2.26. The molecule has 30 heavy (non-hydrogen) atoms. The molecule has 5 aromatic rings. The van der Waals surface area contributed by atoms with Crippen molar-refractivity contribution in [3.05, 3.63) is 90.1 Å². The zero-order chi connectivity index (χ0) is 20.3. The van der Waals surface area contributed by atoms with Crippen LogP contribution in [0, 0.1) is 6.92 Å². The molecule has 0 saturated carbocycles. The second-order valence-electron chi connectivity index (χ2n) is 7.20. The molecule has 0 saturated heterocycles. The average molecular weight is 392 g/mol. The standard InChI is InChI=1S/C24H20N6/c1-16-13-23(21-7-2-3-8-22(21)26-16)25-15-17-9-11-18(12-10-17)19-5-4-6-20(14-19)24-27-29-30-28-24/h2-14H,15H2,1H3,(H,25,26)(H,27,28,29,30). The number of hydrogen-bond acceptors (Lipinski definition) is 5. The number of aromatic amines is 1. The quantitative estimate of drug-likeness (QED) is 0.440. The van der Waals surface area contributed by atoms with Gasteiger partial charge in [0.2, 0.25) is 5.82 Å². The van der Waals surface area contributed by atoms with Crippen molar-refractivity contribution in [2.75, 3.05) is 5.32 Å². The second kappa shape index (κ2) is 7.75. The first-order valence-electron chi connectivity index (χ1n) is 9.80. The summed E-state index contributed by atoms with van der Waals surface area (Å²) in [5.41, 5.74) is 7.54. The summed E-state index contributed by atoms with van der Waals surface area (Å²) in [5.74, 6) is 0.595. The summed E-state index contributed by atoms with van der Waals surface area (Å²) < 4.78 is 0. The number of aryl methyl sites for hydroxylation is 1. The van der Waals surface area contributed by atoms with Gasteiger partial charge in [0.25, 0.3) is 0 Å². The van der Waals surface area contributed by atoms with Gasteiger partial charge >= 0.3 is 0 Å². The van der Waals surface area contributed by atoms with Crippen LogP contribution in [0.25, 0.3) is 33.4 Å². The number of aromatic nitrogens is 5. The van der Waals surface area contributed by atoms with Gasteiger partial charge in [0.05, 0.1) is 5.52 Å². The van der Waals surface area contributed by atoms with Gasteiger partial charge in [-0.25, -0.2) is 0 Å². The second-order valence-corrected chi connectivity index (χ2v) is 7.20. The molecular formula is C24H20N6. The Morgan fingerprint density at radius 3 is 2.50 bits per heavy atom. The van der Waals surface area contributed by atoms with Gasteiger partial charge in [0.1, 0.15) is 0 Å². The first kappa shape index (κ1) is 18.0. The molecule has 6 nitrogen and oxygen atoms in total. The minimum Gasteiger partial charge on any atom is -0.380 e. The highest BCUT2D eigenvalue weighted by atomic mass is 15.5. The summed E-state index contributed by atoms with van der Waals surface area (Å²) >= 11 is 0. The molecule has 0 atom stereocenters. The number of hydrogen-bond donors (Lipinski definition) is 2. The van der Waals surface area contributed by atoms with E-state index in [4.69, 9.17) is 0 Å². The van der Waals surface area contributed by atoms with Crippen molar-refractivity contribution in [1.29, 1.82) is 0 Å². The number of H-pyrrole nitrogens is 1. The predicted octanol–water partition coefficient (Wildman–Crippen LogP) is 5.00. The minimum absolute atomic E-state index is 0.595. The van der Waals surface area contributed by atoms with E-state index in [1.165, 1.54) is 5.56 Å². The molecule has 3 aromatic carbocycles. The Hall–Kier alpha value is -4.06. The molecule has 0 aliphatic rings. The van der Waals surface area contributed by atoms with E-state index in [1.54, 1.807) is 0 Å². The molecule has 2 heterocycles. The predicted molar refractivity (Wildman–Crippen MR) is 119 cm³/mol. The topological polar surface area (TPSA) is 79.4 Å². The van der Waals surface area contributed by atoms with Crippen LogP contribution in [0.5, 0.6) is 0 Å². The number of nitrogens with zero attached hydrogens (tertiary/aromatic N) is 4. The van der Waals surface area contributed by atoms with Gasteiger partial charge in [-0.2, -0.15) is 5.21 Å². The van der Waals surface area contributed by atoms with Gasteiger partial charge in [-0.05, 0) is 47.0 Å². The molecule has 0 bridgehead atoms. The van der Waals surface area contributed by atoms with Crippen molar-refractivity contribution >= 4 is 16.6 Å². The number of tetrazole rings is 1. The largest absolute Gasteiger partial charge is 0.380 e. The smallest absolute Gasteiger partial charge is 0.204 e. The molecule has 0 amide bonds. The Morgan fingerprint density at radius 2 is 1.67 bits per heavy atom. The molecule has 2 aromatic heterocycles. The van der Waals surface area contributed by atoms with Crippen LogP contribution in [-0.4, -0.2) is 25.6 Å². The number of benzene rings is 3. The fourth-order valence-electron chi connectivity index (χ4n) is 3.59. The van der Waals surface area contributed by atoms with Crippen molar-refractivity contribution in [3.63, 3.8) is 0 Å². The van der Waals surface area contributed by atoms with Crippen molar-refractivity contribution in [1.82, 2.24) is 25.6 Å². The molecule has 0 aliphatic heterocycles. The molecule has 0 aliphatic carbocycles. The van der Waals surface area contributed by atoms with Crippen LogP contribution in [0.1, 0.15) is 11.3 Å². The van der Waals surface area contributed by atoms with Crippen molar-refractivity contribution < 1.29 is 0 Å². The van der Waals surface area contributed by atoms with E-state index < -0.39 is 0 Å². The third-order valence-electron chi connectivity index (χ3n) is 5.08. The Kier molecular flexibility index (Phi) is 4.65. The Bertz CT molecular complexity index is 1290. The van der Waals surface area contributed by atoms with Crippen LogP contribution >= 0.6 is 0 Å². The van der Waals surface area contributed by atoms with Crippen LogP contribution in [-0.2, 0) is 6.54 Å². The van der Waals surface area contributed by atoms with Crippen molar-refractivity contribution in [3.8, 4) is 22.5 Å². The zero-order valence-corrected chi connectivity index (χ0v) is 16.5. The molecule has 0 unspecified atom stereocenters. The minimum atomic E-state index is 0.595.